The maximum absolute atomic E-state index is 12.5. The number of halogens is 3. The predicted molar refractivity (Wildman–Crippen MR) is 66.3 cm³/mol. The van der Waals surface area contributed by atoms with Crippen LogP contribution in [0.2, 0.25) is 0 Å². The number of benzene rings is 1. The molecule has 0 radical (unpaired) electrons. The minimum atomic E-state index is -4.51. The molecule has 0 saturated heterocycles. The molecule has 8 heteroatoms. The van der Waals surface area contributed by atoms with E-state index in [0.717, 1.165) is 18.2 Å². The molecular weight excluding hydrogens is 289 g/mol. The predicted octanol–water partition coefficient (Wildman–Crippen LogP) is -0.703. The molecule has 0 unspecified atom stereocenters. The highest BCUT2D eigenvalue weighted by Crippen LogP contribution is 2.30. The second kappa shape index (κ2) is 6.57. The van der Waals surface area contributed by atoms with E-state index in [4.69, 9.17) is 0 Å². The average Bonchev–Trinajstić information content (AvgIpc) is 2.34. The number of likely N-dealkylation sites (N-methyl/N-ethyl adjacent to an activating group) is 1. The second-order valence-corrected chi connectivity index (χ2v) is 4.78. The SMILES string of the molecule is C[NH+](C)[C@H](CC(=O)Nc1cccc(C(F)(F)F)c1)C(=O)[O-]. The number of hydrogen-bond donors (Lipinski definition) is 2. The fourth-order valence-electron chi connectivity index (χ4n) is 1.69. The summed E-state index contributed by atoms with van der Waals surface area (Å²) in [6, 6.07) is 3.05. The molecule has 1 aromatic carbocycles. The number of amides is 1. The standard InChI is InChI=1S/C13H15F3N2O3/c1-18(2)10(12(20)21)7-11(19)17-9-5-3-4-8(6-9)13(14,15)16/h3-6,10H,7H2,1-2H3,(H,17,19)(H,20,21)/t10-/m1/s1. The van der Waals surface area contributed by atoms with Crippen LogP contribution < -0.4 is 15.3 Å². The van der Waals surface area contributed by atoms with E-state index in [-0.39, 0.29) is 12.1 Å². The number of alkyl halides is 3. The fraction of sp³-hybridized carbons (Fsp3) is 0.385. The molecule has 5 nitrogen and oxygen atoms in total. The van der Waals surface area contributed by atoms with Crippen molar-refractivity contribution in [3.05, 3.63) is 29.8 Å². The summed E-state index contributed by atoms with van der Waals surface area (Å²) in [6.07, 6.45) is -4.90. The summed E-state index contributed by atoms with van der Waals surface area (Å²) in [7, 11) is 3.08. The van der Waals surface area contributed by atoms with E-state index in [2.05, 4.69) is 5.32 Å². The first-order valence-electron chi connectivity index (χ1n) is 6.09. The van der Waals surface area contributed by atoms with Crippen LogP contribution >= 0.6 is 0 Å². The van der Waals surface area contributed by atoms with Gasteiger partial charge in [0, 0.05) is 5.69 Å². The molecule has 0 aromatic heterocycles. The maximum Gasteiger partial charge on any atom is 0.416 e. The number of carbonyl (C=O) groups is 2. The van der Waals surface area contributed by atoms with Gasteiger partial charge in [-0.2, -0.15) is 13.2 Å². The zero-order chi connectivity index (χ0) is 16.2. The molecule has 1 amide bonds. The zero-order valence-electron chi connectivity index (χ0n) is 11.5. The molecule has 0 heterocycles. The van der Waals surface area contributed by atoms with Gasteiger partial charge in [-0.1, -0.05) is 6.07 Å². The van der Waals surface area contributed by atoms with E-state index >= 15 is 0 Å². The smallest absolute Gasteiger partial charge is 0.416 e. The minimum absolute atomic E-state index is 0.0410. The van der Waals surface area contributed by atoms with E-state index in [1.165, 1.54) is 20.2 Å². The van der Waals surface area contributed by atoms with E-state index in [1.54, 1.807) is 0 Å². The van der Waals surface area contributed by atoms with Crippen LogP contribution in [0.3, 0.4) is 0 Å². The van der Waals surface area contributed by atoms with Crippen molar-refractivity contribution >= 4 is 17.6 Å². The molecule has 21 heavy (non-hydrogen) atoms. The number of carboxylic acids is 1. The van der Waals surface area contributed by atoms with Crippen LogP contribution in [0, 0.1) is 0 Å². The third-order valence-electron chi connectivity index (χ3n) is 2.84. The topological polar surface area (TPSA) is 73.7 Å². The second-order valence-electron chi connectivity index (χ2n) is 4.78. The van der Waals surface area contributed by atoms with Crippen molar-refractivity contribution in [2.24, 2.45) is 0 Å². The third kappa shape index (κ3) is 5.07. The lowest BCUT2D eigenvalue weighted by atomic mass is 10.1. The lowest BCUT2D eigenvalue weighted by Gasteiger charge is -2.21. The molecule has 0 spiro atoms. The van der Waals surface area contributed by atoms with Gasteiger partial charge in [-0.3, -0.25) is 4.79 Å². The van der Waals surface area contributed by atoms with E-state index < -0.39 is 29.7 Å². The number of anilines is 1. The lowest BCUT2D eigenvalue weighted by Crippen LogP contribution is -3.12. The van der Waals surface area contributed by atoms with Crippen molar-refractivity contribution in [3.63, 3.8) is 0 Å². The van der Waals surface area contributed by atoms with Crippen LogP contribution in [-0.4, -0.2) is 32.0 Å². The van der Waals surface area contributed by atoms with Gasteiger partial charge in [0.2, 0.25) is 5.91 Å². The Balaban J connectivity index is 2.77. The maximum atomic E-state index is 12.5. The van der Waals surface area contributed by atoms with Crippen LogP contribution in [-0.2, 0) is 15.8 Å². The summed E-state index contributed by atoms with van der Waals surface area (Å²) in [5.74, 6) is -2.08. The Bertz CT molecular complexity index is 530. The zero-order valence-corrected chi connectivity index (χ0v) is 11.5. The molecule has 1 rings (SSSR count). The molecule has 1 atom stereocenters. The van der Waals surface area contributed by atoms with Gasteiger partial charge in [0.15, 0.2) is 0 Å². The molecule has 0 aliphatic carbocycles. The fourth-order valence-corrected chi connectivity index (χ4v) is 1.69. The Morgan fingerprint density at radius 3 is 2.43 bits per heavy atom. The highest BCUT2D eigenvalue weighted by molar-refractivity contribution is 5.93. The van der Waals surface area contributed by atoms with Gasteiger partial charge < -0.3 is 20.1 Å². The molecule has 0 aliphatic heterocycles. The van der Waals surface area contributed by atoms with Crippen molar-refractivity contribution in [1.29, 1.82) is 0 Å². The number of rotatable bonds is 5. The molecule has 0 bridgehead atoms. The monoisotopic (exact) mass is 304 g/mol. The Labute approximate surface area is 119 Å². The first-order chi connectivity index (χ1) is 9.61. The quantitative estimate of drug-likeness (QED) is 0.755. The molecule has 0 fully saturated rings. The van der Waals surface area contributed by atoms with E-state index in [0.29, 0.717) is 4.90 Å². The third-order valence-corrected chi connectivity index (χ3v) is 2.84. The van der Waals surface area contributed by atoms with Crippen LogP contribution in [0.4, 0.5) is 18.9 Å². The van der Waals surface area contributed by atoms with Gasteiger partial charge in [-0.25, -0.2) is 0 Å². The largest absolute Gasteiger partial charge is 0.544 e. The van der Waals surface area contributed by atoms with Crippen LogP contribution in [0.1, 0.15) is 12.0 Å². The molecule has 116 valence electrons. The normalized spacial score (nSPS) is 13.0. The molecular formula is C13H15F3N2O3. The Hall–Kier alpha value is -2.09. The number of nitrogens with one attached hydrogen (secondary N) is 2. The number of carboxylic acid groups (broad SMARTS) is 1. The van der Waals surface area contributed by atoms with Crippen LogP contribution in [0.5, 0.6) is 0 Å². The molecule has 1 aromatic rings. The highest BCUT2D eigenvalue weighted by atomic mass is 19.4. The van der Waals surface area contributed by atoms with Gasteiger partial charge >= 0.3 is 6.18 Å². The van der Waals surface area contributed by atoms with Gasteiger partial charge in [0.1, 0.15) is 6.04 Å². The van der Waals surface area contributed by atoms with Crippen molar-refractivity contribution < 1.29 is 32.8 Å². The Kier molecular flexibility index (Phi) is 5.31. The first kappa shape index (κ1) is 17.0. The summed E-state index contributed by atoms with van der Waals surface area (Å²) in [4.78, 5) is 23.0. The first-order valence-corrected chi connectivity index (χ1v) is 6.09. The molecule has 2 N–H and O–H groups in total. The molecule has 0 aliphatic rings. The van der Waals surface area contributed by atoms with Crippen LogP contribution in [0.25, 0.3) is 0 Å². The van der Waals surface area contributed by atoms with Crippen molar-refractivity contribution in [1.82, 2.24) is 0 Å². The van der Waals surface area contributed by atoms with Crippen molar-refractivity contribution in [2.75, 3.05) is 19.4 Å². The number of aliphatic carboxylic acids is 1. The molecule has 0 saturated carbocycles. The highest BCUT2D eigenvalue weighted by Gasteiger charge is 2.30. The number of quaternary nitrogens is 1. The Morgan fingerprint density at radius 1 is 1.33 bits per heavy atom. The lowest BCUT2D eigenvalue weighted by molar-refractivity contribution is -0.878. The van der Waals surface area contributed by atoms with Gasteiger partial charge in [-0.15, -0.1) is 0 Å². The van der Waals surface area contributed by atoms with Crippen molar-refractivity contribution in [3.8, 4) is 0 Å². The van der Waals surface area contributed by atoms with Crippen molar-refractivity contribution in [2.45, 2.75) is 18.6 Å². The summed E-state index contributed by atoms with van der Waals surface area (Å²) >= 11 is 0. The van der Waals surface area contributed by atoms with Gasteiger partial charge in [0.05, 0.1) is 32.0 Å². The van der Waals surface area contributed by atoms with Crippen LogP contribution in [0.15, 0.2) is 24.3 Å². The summed E-state index contributed by atoms with van der Waals surface area (Å²) in [5, 5.41) is 13.1. The number of hydrogen-bond acceptors (Lipinski definition) is 3. The average molecular weight is 304 g/mol. The summed E-state index contributed by atoms with van der Waals surface area (Å²) < 4.78 is 37.6. The summed E-state index contributed by atoms with van der Waals surface area (Å²) in [5.41, 5.74) is -0.935. The Morgan fingerprint density at radius 2 is 1.95 bits per heavy atom. The van der Waals surface area contributed by atoms with E-state index in [9.17, 15) is 27.9 Å². The summed E-state index contributed by atoms with van der Waals surface area (Å²) in [6.45, 7) is 0. The van der Waals surface area contributed by atoms with E-state index in [1.807, 2.05) is 0 Å². The number of carbonyl (C=O) groups excluding carboxylic acids is 2. The van der Waals surface area contributed by atoms with Gasteiger partial charge in [0.25, 0.3) is 0 Å². The minimum Gasteiger partial charge on any atom is -0.544 e. The van der Waals surface area contributed by atoms with Gasteiger partial charge in [-0.05, 0) is 18.2 Å².